The van der Waals surface area contributed by atoms with Gasteiger partial charge in [-0.05, 0) is 60.0 Å². The largest absolute Gasteiger partial charge is 0.396 e. The van der Waals surface area contributed by atoms with Crippen molar-refractivity contribution in [3.05, 3.63) is 120 Å². The lowest BCUT2D eigenvalue weighted by molar-refractivity contribution is -0.117. The van der Waals surface area contributed by atoms with Gasteiger partial charge in [-0.2, -0.15) is 0 Å². The molecule has 0 unspecified atom stereocenters. The van der Waals surface area contributed by atoms with Gasteiger partial charge in [0, 0.05) is 53.2 Å². The van der Waals surface area contributed by atoms with Gasteiger partial charge in [0.05, 0.1) is 11.4 Å². The summed E-state index contributed by atoms with van der Waals surface area (Å²) in [4.78, 5) is 26.8. The van der Waals surface area contributed by atoms with Crippen LogP contribution >= 0.6 is 0 Å². The molecule has 3 aromatic carbocycles. The van der Waals surface area contributed by atoms with E-state index in [4.69, 9.17) is 4.99 Å². The monoisotopic (exact) mass is 512 g/mol. The van der Waals surface area contributed by atoms with Crippen LogP contribution in [0.1, 0.15) is 23.1 Å². The van der Waals surface area contributed by atoms with E-state index in [1.54, 1.807) is 12.4 Å². The molecule has 6 rings (SSSR count). The molecule has 0 aliphatic heterocycles. The number of nitrogens with one attached hydrogen (secondary N) is 1. The van der Waals surface area contributed by atoms with Gasteiger partial charge in [-0.25, -0.2) is 9.98 Å². The highest BCUT2D eigenvalue weighted by molar-refractivity contribution is 6.15. The van der Waals surface area contributed by atoms with Crippen molar-refractivity contribution in [2.45, 2.75) is 13.3 Å². The van der Waals surface area contributed by atoms with Gasteiger partial charge in [0.1, 0.15) is 5.82 Å². The first-order chi connectivity index (χ1) is 19.1. The number of carbonyl (C=O) groups excluding carboxylic acids is 1. The minimum Gasteiger partial charge on any atom is -0.396 e. The van der Waals surface area contributed by atoms with Crippen LogP contribution in [0.2, 0.25) is 0 Å². The summed E-state index contributed by atoms with van der Waals surface area (Å²) in [6.07, 6.45) is 6.14. The number of anilines is 1. The van der Waals surface area contributed by atoms with Crippen LogP contribution in [0.3, 0.4) is 0 Å². The number of rotatable bonds is 7. The maximum atomic E-state index is 12.6. The van der Waals surface area contributed by atoms with Crippen molar-refractivity contribution in [1.82, 2.24) is 9.97 Å². The first-order valence-corrected chi connectivity index (χ1v) is 13.1. The number of aliphatic hydroxyl groups excluding tert-OH is 1. The average molecular weight is 513 g/mol. The predicted octanol–water partition coefficient (Wildman–Crippen LogP) is 6.34. The van der Waals surface area contributed by atoms with E-state index in [0.717, 1.165) is 50.0 Å². The van der Waals surface area contributed by atoms with Gasteiger partial charge in [0.25, 0.3) is 0 Å². The summed E-state index contributed by atoms with van der Waals surface area (Å²) >= 11 is 0. The number of hydrogen-bond donors (Lipinski definition) is 2. The summed E-state index contributed by atoms with van der Waals surface area (Å²) in [7, 11) is 0. The Labute approximate surface area is 227 Å². The Kier molecular flexibility index (Phi) is 6.69. The van der Waals surface area contributed by atoms with E-state index in [2.05, 4.69) is 58.6 Å². The highest BCUT2D eigenvalue weighted by Gasteiger charge is 2.42. The Balaban J connectivity index is 1.51. The van der Waals surface area contributed by atoms with Crippen LogP contribution in [0.4, 0.5) is 11.5 Å². The second-order valence-corrected chi connectivity index (χ2v) is 9.94. The summed E-state index contributed by atoms with van der Waals surface area (Å²) in [6.45, 7) is 2.10. The lowest BCUT2D eigenvalue weighted by Crippen LogP contribution is -2.16. The smallest absolute Gasteiger partial charge is 0.229 e. The third-order valence-corrected chi connectivity index (χ3v) is 7.24. The zero-order valence-electron chi connectivity index (χ0n) is 21.6. The molecule has 5 aromatic rings. The molecule has 2 atom stereocenters. The van der Waals surface area contributed by atoms with Gasteiger partial charge < -0.3 is 10.4 Å². The zero-order valence-corrected chi connectivity index (χ0v) is 21.6. The molecule has 2 heterocycles. The molecule has 0 bridgehead atoms. The van der Waals surface area contributed by atoms with Gasteiger partial charge in [-0.3, -0.25) is 9.78 Å². The number of carbonyl (C=O) groups is 1. The lowest BCUT2D eigenvalue weighted by atomic mass is 9.98. The van der Waals surface area contributed by atoms with Crippen LogP contribution in [0.15, 0.2) is 109 Å². The third-order valence-electron chi connectivity index (χ3n) is 7.24. The number of aliphatic hydroxyl groups is 1. The van der Waals surface area contributed by atoms with Gasteiger partial charge in [0.2, 0.25) is 5.91 Å². The van der Waals surface area contributed by atoms with E-state index < -0.39 is 0 Å². The molecular weight excluding hydrogens is 484 g/mol. The van der Waals surface area contributed by atoms with Gasteiger partial charge >= 0.3 is 0 Å². The first kappa shape index (κ1) is 24.6. The van der Waals surface area contributed by atoms with Gasteiger partial charge in [-0.15, -0.1) is 0 Å². The van der Waals surface area contributed by atoms with Crippen molar-refractivity contribution in [2.24, 2.45) is 16.8 Å². The summed E-state index contributed by atoms with van der Waals surface area (Å²) in [6, 6.07) is 28.3. The molecule has 6 nitrogen and oxygen atoms in total. The lowest BCUT2D eigenvalue weighted by Gasteiger charge is -2.13. The van der Waals surface area contributed by atoms with Crippen LogP contribution in [-0.2, 0) is 4.79 Å². The molecule has 0 saturated heterocycles. The van der Waals surface area contributed by atoms with Crippen molar-refractivity contribution < 1.29 is 9.90 Å². The molecule has 1 aliphatic rings. The van der Waals surface area contributed by atoms with E-state index in [-0.39, 0.29) is 24.3 Å². The molecule has 0 radical (unpaired) electrons. The quantitative estimate of drug-likeness (QED) is 0.249. The molecule has 1 aliphatic carbocycles. The van der Waals surface area contributed by atoms with E-state index in [1.807, 2.05) is 54.7 Å². The number of aryl methyl sites for hydroxylation is 1. The molecule has 1 fully saturated rings. The molecule has 0 spiro atoms. The first-order valence-electron chi connectivity index (χ1n) is 13.1. The number of pyridine rings is 2. The van der Waals surface area contributed by atoms with Crippen LogP contribution in [0, 0.1) is 18.8 Å². The molecule has 1 amide bonds. The summed E-state index contributed by atoms with van der Waals surface area (Å²) in [5.74, 6) is 0.267. The number of amides is 1. The summed E-state index contributed by atoms with van der Waals surface area (Å²) in [5.41, 5.74) is 6.78. The van der Waals surface area contributed by atoms with E-state index >= 15 is 0 Å². The second kappa shape index (κ2) is 10.6. The van der Waals surface area contributed by atoms with Crippen LogP contribution in [-0.4, -0.2) is 33.3 Å². The standard InChI is InChI=1S/C33H28N4O2/c1-21-12-13-34-18-28(21)24-14-25-17-31(37-33(39)27-15-26(27)20-38)35-19-29(25)30(16-24)36-32(22-8-4-2-5-9-22)23-10-6-3-7-11-23/h2-14,16-19,26-27,38H,15,20H2,1H3,(H,35,37,39)/t26-,27+/m0/s1. The third kappa shape index (κ3) is 5.19. The second-order valence-electron chi connectivity index (χ2n) is 9.94. The SMILES string of the molecule is Cc1ccncc1-c1cc(N=C(c2ccccc2)c2ccccc2)c2cnc(NC(=O)[C@@H]3C[C@H]3CO)cc2c1. The van der Waals surface area contributed by atoms with Crippen LogP contribution < -0.4 is 5.32 Å². The molecule has 1 saturated carbocycles. The molecule has 192 valence electrons. The van der Waals surface area contributed by atoms with Crippen molar-refractivity contribution in [3.63, 3.8) is 0 Å². The average Bonchev–Trinajstić information content (AvgIpc) is 3.77. The van der Waals surface area contributed by atoms with E-state index in [9.17, 15) is 9.90 Å². The maximum Gasteiger partial charge on any atom is 0.229 e. The maximum absolute atomic E-state index is 12.6. The van der Waals surface area contributed by atoms with Crippen LogP contribution in [0.25, 0.3) is 21.9 Å². The number of aliphatic imine (C=N–C) groups is 1. The Morgan fingerprint density at radius 1 is 0.974 bits per heavy atom. The highest BCUT2D eigenvalue weighted by atomic mass is 16.3. The summed E-state index contributed by atoms with van der Waals surface area (Å²) in [5, 5.41) is 14.1. The molecular formula is C33H28N4O2. The number of fused-ring (bicyclic) bond motifs is 1. The molecule has 6 heteroatoms. The molecule has 2 aromatic heterocycles. The highest BCUT2D eigenvalue weighted by Crippen LogP contribution is 2.39. The number of hydrogen-bond acceptors (Lipinski definition) is 5. The normalized spacial score (nSPS) is 16.1. The fourth-order valence-electron chi connectivity index (χ4n) is 4.92. The zero-order chi connectivity index (χ0) is 26.8. The number of benzene rings is 3. The van der Waals surface area contributed by atoms with Gasteiger partial charge in [0.15, 0.2) is 0 Å². The topological polar surface area (TPSA) is 87.5 Å². The minimum absolute atomic E-state index is 0.0313. The van der Waals surface area contributed by atoms with E-state index in [0.29, 0.717) is 12.2 Å². The van der Waals surface area contributed by atoms with Crippen molar-refractivity contribution in [2.75, 3.05) is 11.9 Å². The Hall–Kier alpha value is -4.68. The van der Waals surface area contributed by atoms with Gasteiger partial charge in [-0.1, -0.05) is 60.7 Å². The number of aromatic nitrogens is 2. The number of nitrogens with zero attached hydrogens (tertiary/aromatic N) is 3. The fraction of sp³-hybridized carbons (Fsp3) is 0.152. The fourth-order valence-corrected chi connectivity index (χ4v) is 4.92. The van der Waals surface area contributed by atoms with Crippen molar-refractivity contribution in [1.29, 1.82) is 0 Å². The molecule has 2 N–H and O–H groups in total. The van der Waals surface area contributed by atoms with E-state index in [1.165, 1.54) is 0 Å². The Bertz CT molecular complexity index is 1640. The summed E-state index contributed by atoms with van der Waals surface area (Å²) < 4.78 is 0. The molecule has 39 heavy (non-hydrogen) atoms. The van der Waals surface area contributed by atoms with Crippen LogP contribution in [0.5, 0.6) is 0 Å². The van der Waals surface area contributed by atoms with Crippen molar-refractivity contribution in [3.8, 4) is 11.1 Å². The predicted molar refractivity (Wildman–Crippen MR) is 155 cm³/mol. The van der Waals surface area contributed by atoms with Crippen molar-refractivity contribution >= 4 is 33.9 Å². The Morgan fingerprint density at radius 2 is 1.69 bits per heavy atom. The minimum atomic E-state index is -0.156. The Morgan fingerprint density at radius 3 is 2.33 bits per heavy atom.